The highest BCUT2D eigenvalue weighted by atomic mass is 16.6. The molecule has 3 nitrogen and oxygen atoms in total. The molecule has 2 heterocycles. The predicted molar refractivity (Wildman–Crippen MR) is 57.8 cm³/mol. The minimum Gasteiger partial charge on any atom is -0.374 e. The van der Waals surface area contributed by atoms with Gasteiger partial charge in [0.15, 0.2) is 5.60 Å². The normalized spacial score (nSPS) is 18.9. The lowest BCUT2D eigenvalue weighted by Crippen LogP contribution is -2.48. The van der Waals surface area contributed by atoms with Crippen LogP contribution < -0.4 is 0 Å². The maximum atomic E-state index is 5.51. The summed E-state index contributed by atoms with van der Waals surface area (Å²) >= 11 is 0. The molecule has 0 atom stereocenters. The van der Waals surface area contributed by atoms with E-state index in [1.807, 2.05) is 6.20 Å². The molecule has 0 bridgehead atoms. The van der Waals surface area contributed by atoms with E-state index in [1.165, 1.54) is 5.56 Å². The van der Waals surface area contributed by atoms with Crippen molar-refractivity contribution < 1.29 is 9.47 Å². The van der Waals surface area contributed by atoms with Crippen molar-refractivity contribution in [3.8, 4) is 0 Å². The maximum absolute atomic E-state index is 5.51. The SMILES string of the molecule is COC1(c2cc(C(C)C)ccn2)COC1. The Bertz CT molecular complexity index is 340. The highest BCUT2D eigenvalue weighted by Crippen LogP contribution is 2.32. The van der Waals surface area contributed by atoms with Crippen LogP contribution in [0, 0.1) is 0 Å². The number of methoxy groups -OCH3 is 1. The number of nitrogens with zero attached hydrogens (tertiary/aromatic N) is 1. The summed E-state index contributed by atoms with van der Waals surface area (Å²) in [6.45, 7) is 5.57. The fraction of sp³-hybridized carbons (Fsp3) is 0.583. The molecule has 1 saturated heterocycles. The second kappa shape index (κ2) is 3.91. The van der Waals surface area contributed by atoms with Crippen molar-refractivity contribution >= 4 is 0 Å². The molecule has 0 N–H and O–H groups in total. The number of hydrogen-bond donors (Lipinski definition) is 0. The van der Waals surface area contributed by atoms with E-state index in [4.69, 9.17) is 9.47 Å². The van der Waals surface area contributed by atoms with E-state index < -0.39 is 0 Å². The van der Waals surface area contributed by atoms with E-state index >= 15 is 0 Å². The van der Waals surface area contributed by atoms with Crippen molar-refractivity contribution in [3.63, 3.8) is 0 Å². The number of pyridine rings is 1. The second-order valence-corrected chi connectivity index (χ2v) is 4.32. The van der Waals surface area contributed by atoms with Gasteiger partial charge in [0, 0.05) is 13.3 Å². The first-order chi connectivity index (χ1) is 7.18. The van der Waals surface area contributed by atoms with E-state index in [2.05, 4.69) is 31.0 Å². The quantitative estimate of drug-likeness (QED) is 0.760. The van der Waals surface area contributed by atoms with Gasteiger partial charge in [-0.1, -0.05) is 13.8 Å². The van der Waals surface area contributed by atoms with Crippen molar-refractivity contribution in [3.05, 3.63) is 29.6 Å². The van der Waals surface area contributed by atoms with Gasteiger partial charge in [0.05, 0.1) is 18.9 Å². The van der Waals surface area contributed by atoms with Crippen LogP contribution in [0.2, 0.25) is 0 Å². The Balaban J connectivity index is 2.31. The number of rotatable bonds is 3. The molecule has 1 aromatic rings. The van der Waals surface area contributed by atoms with Gasteiger partial charge >= 0.3 is 0 Å². The Labute approximate surface area is 90.4 Å². The first-order valence-electron chi connectivity index (χ1n) is 5.27. The first-order valence-corrected chi connectivity index (χ1v) is 5.27. The summed E-state index contributed by atoms with van der Waals surface area (Å²) in [6.07, 6.45) is 1.85. The number of hydrogen-bond acceptors (Lipinski definition) is 3. The van der Waals surface area contributed by atoms with Crippen LogP contribution in [0.3, 0.4) is 0 Å². The zero-order valence-corrected chi connectivity index (χ0v) is 9.49. The van der Waals surface area contributed by atoms with Crippen LogP contribution in [-0.4, -0.2) is 25.3 Å². The molecule has 15 heavy (non-hydrogen) atoms. The summed E-state index contributed by atoms with van der Waals surface area (Å²) in [6, 6.07) is 4.17. The highest BCUT2D eigenvalue weighted by molar-refractivity contribution is 5.25. The maximum Gasteiger partial charge on any atom is 0.156 e. The fourth-order valence-electron chi connectivity index (χ4n) is 1.71. The van der Waals surface area contributed by atoms with Gasteiger partial charge in [0.1, 0.15) is 0 Å². The van der Waals surface area contributed by atoms with Crippen LogP contribution >= 0.6 is 0 Å². The van der Waals surface area contributed by atoms with Gasteiger partial charge < -0.3 is 9.47 Å². The van der Waals surface area contributed by atoms with Crippen molar-refractivity contribution in [1.29, 1.82) is 0 Å². The Morgan fingerprint density at radius 1 is 1.47 bits per heavy atom. The summed E-state index contributed by atoms with van der Waals surface area (Å²) < 4.78 is 10.7. The van der Waals surface area contributed by atoms with Crippen molar-refractivity contribution in [2.24, 2.45) is 0 Å². The Kier molecular flexibility index (Phi) is 2.76. The Hall–Kier alpha value is -0.930. The molecular weight excluding hydrogens is 190 g/mol. The average Bonchev–Trinajstić information content (AvgIpc) is 2.17. The lowest BCUT2D eigenvalue weighted by molar-refractivity contribution is -0.204. The standard InChI is InChI=1S/C12H17NO2/c1-9(2)10-4-5-13-11(6-10)12(14-3)7-15-8-12/h4-6,9H,7-8H2,1-3H3. The van der Waals surface area contributed by atoms with Crippen LogP contribution in [-0.2, 0) is 15.1 Å². The first kappa shape index (κ1) is 10.6. The van der Waals surface area contributed by atoms with Crippen molar-refractivity contribution in [1.82, 2.24) is 4.98 Å². The Morgan fingerprint density at radius 3 is 2.67 bits per heavy atom. The lowest BCUT2D eigenvalue weighted by Gasteiger charge is -2.39. The number of ether oxygens (including phenoxy) is 2. The predicted octanol–water partition coefficient (Wildman–Crippen LogP) is 2.08. The molecule has 82 valence electrons. The molecule has 1 aliphatic heterocycles. The van der Waals surface area contributed by atoms with Gasteiger partial charge in [-0.2, -0.15) is 0 Å². The molecule has 0 spiro atoms. The summed E-state index contributed by atoms with van der Waals surface area (Å²) in [7, 11) is 1.71. The minimum atomic E-state index is -0.301. The summed E-state index contributed by atoms with van der Waals surface area (Å²) in [4.78, 5) is 4.38. The lowest BCUT2D eigenvalue weighted by atomic mass is 9.93. The fourth-order valence-corrected chi connectivity index (χ4v) is 1.71. The molecule has 1 aliphatic rings. The molecule has 1 fully saturated rings. The summed E-state index contributed by atoms with van der Waals surface area (Å²) in [5.41, 5.74) is 1.98. The van der Waals surface area contributed by atoms with Gasteiger partial charge in [-0.15, -0.1) is 0 Å². The molecule has 0 saturated carbocycles. The van der Waals surface area contributed by atoms with E-state index in [-0.39, 0.29) is 5.60 Å². The van der Waals surface area contributed by atoms with E-state index in [0.29, 0.717) is 19.1 Å². The largest absolute Gasteiger partial charge is 0.374 e. The number of aromatic nitrogens is 1. The third-order valence-electron chi connectivity index (χ3n) is 2.98. The molecule has 2 rings (SSSR count). The smallest absolute Gasteiger partial charge is 0.156 e. The van der Waals surface area contributed by atoms with Crippen LogP contribution in [0.15, 0.2) is 18.3 Å². The molecule has 0 aromatic carbocycles. The van der Waals surface area contributed by atoms with Crippen LogP contribution in [0.25, 0.3) is 0 Å². The molecule has 1 aromatic heterocycles. The molecule has 0 aliphatic carbocycles. The van der Waals surface area contributed by atoms with Gasteiger partial charge in [0.2, 0.25) is 0 Å². The highest BCUT2D eigenvalue weighted by Gasteiger charge is 2.42. The summed E-state index contributed by atoms with van der Waals surface area (Å²) in [5.74, 6) is 0.515. The van der Waals surface area contributed by atoms with Crippen LogP contribution in [0.4, 0.5) is 0 Å². The topological polar surface area (TPSA) is 31.4 Å². The average molecular weight is 207 g/mol. The van der Waals surface area contributed by atoms with Gasteiger partial charge in [-0.25, -0.2) is 0 Å². The van der Waals surface area contributed by atoms with Crippen molar-refractivity contribution in [2.75, 3.05) is 20.3 Å². The molecule has 0 amide bonds. The molecule has 0 unspecified atom stereocenters. The van der Waals surface area contributed by atoms with E-state index in [1.54, 1.807) is 7.11 Å². The summed E-state index contributed by atoms with van der Waals surface area (Å²) in [5, 5.41) is 0. The zero-order valence-electron chi connectivity index (χ0n) is 9.49. The van der Waals surface area contributed by atoms with Gasteiger partial charge in [0.25, 0.3) is 0 Å². The molecule has 3 heteroatoms. The van der Waals surface area contributed by atoms with E-state index in [0.717, 1.165) is 5.69 Å². The molecular formula is C12H17NO2. The molecule has 0 radical (unpaired) electrons. The zero-order chi connectivity index (χ0) is 10.9. The monoisotopic (exact) mass is 207 g/mol. The van der Waals surface area contributed by atoms with Gasteiger partial charge in [-0.3, -0.25) is 4.98 Å². The Morgan fingerprint density at radius 2 is 2.20 bits per heavy atom. The third-order valence-corrected chi connectivity index (χ3v) is 2.98. The van der Waals surface area contributed by atoms with E-state index in [9.17, 15) is 0 Å². The van der Waals surface area contributed by atoms with Gasteiger partial charge in [-0.05, 0) is 23.6 Å². The minimum absolute atomic E-state index is 0.301. The van der Waals surface area contributed by atoms with Crippen LogP contribution in [0.1, 0.15) is 31.0 Å². The van der Waals surface area contributed by atoms with Crippen molar-refractivity contribution in [2.45, 2.75) is 25.4 Å². The van der Waals surface area contributed by atoms with Crippen LogP contribution in [0.5, 0.6) is 0 Å². The second-order valence-electron chi connectivity index (χ2n) is 4.32. The third kappa shape index (κ3) is 1.77.